The lowest BCUT2D eigenvalue weighted by Crippen LogP contribution is -2.09. The Labute approximate surface area is 348 Å². The van der Waals surface area contributed by atoms with Gasteiger partial charge in [0, 0.05) is 29.1 Å². The minimum atomic E-state index is -0.666. The number of aromatic nitrogens is 14. The summed E-state index contributed by atoms with van der Waals surface area (Å²) in [5.41, 5.74) is 15.2. The number of aryl methyl sites for hydroxylation is 4. The maximum absolute atomic E-state index is 12.7. The Hall–Kier alpha value is -7.22. The highest BCUT2D eigenvalue weighted by Gasteiger charge is 2.26. The largest absolute Gasteiger partial charge is 0.465 e. The van der Waals surface area contributed by atoms with Crippen molar-refractivity contribution in [2.45, 2.75) is 66.2 Å². The summed E-state index contributed by atoms with van der Waals surface area (Å²) in [5, 5.41) is 36.8. The highest BCUT2D eigenvalue weighted by atomic mass is 32.1. The number of esters is 2. The standard InChI is InChI=1S/C34H38N20O4S2/c1-7-9-11-21-25(43-45-29-19(31(55)57-5)14-39-53(29)33-41-17(3)49-59-33)27(35)51(47-21)23-13-24(38-16-37-23)52-28(36)26(22(48-52)12-10-8-2)44-46-30-20(32(56)58-6)15-40-54(30)34-42-18(4)50-60-34/h13-16H,7-12,35-36H2,1-6H3. The second kappa shape index (κ2) is 17.7. The maximum Gasteiger partial charge on any atom is 0.343 e. The molecule has 0 aliphatic carbocycles. The molecule has 0 aliphatic rings. The molecular formula is C34H38N20O4S2. The summed E-state index contributed by atoms with van der Waals surface area (Å²) in [4.78, 5) is 43.1. The van der Waals surface area contributed by atoms with E-state index in [9.17, 15) is 9.59 Å². The zero-order chi connectivity index (χ0) is 42.5. The predicted molar refractivity (Wildman–Crippen MR) is 217 cm³/mol. The molecule has 7 heterocycles. The highest BCUT2D eigenvalue weighted by Crippen LogP contribution is 2.36. The molecule has 0 aromatic carbocycles. The van der Waals surface area contributed by atoms with Crippen LogP contribution in [0.5, 0.6) is 0 Å². The second-order valence-electron chi connectivity index (χ2n) is 12.8. The van der Waals surface area contributed by atoms with E-state index in [4.69, 9.17) is 31.1 Å². The van der Waals surface area contributed by atoms with Crippen LogP contribution in [0.2, 0.25) is 0 Å². The molecule has 0 spiro atoms. The normalized spacial score (nSPS) is 11.7. The Morgan fingerprint density at radius 3 is 1.48 bits per heavy atom. The van der Waals surface area contributed by atoms with Gasteiger partial charge in [-0.2, -0.15) is 47.9 Å². The number of nitrogens with zero attached hydrogens (tertiary/aromatic N) is 18. The van der Waals surface area contributed by atoms with Gasteiger partial charge in [0.05, 0.1) is 38.0 Å². The molecule has 60 heavy (non-hydrogen) atoms. The number of rotatable bonds is 16. The van der Waals surface area contributed by atoms with Gasteiger partial charge in [-0.1, -0.05) is 26.7 Å². The number of azo groups is 2. The van der Waals surface area contributed by atoms with Gasteiger partial charge in [-0.3, -0.25) is 0 Å². The summed E-state index contributed by atoms with van der Waals surface area (Å²) in [6, 6.07) is 1.60. The molecule has 26 heteroatoms. The van der Waals surface area contributed by atoms with Crippen LogP contribution < -0.4 is 11.5 Å². The molecule has 0 saturated carbocycles. The van der Waals surface area contributed by atoms with Gasteiger partial charge in [-0.25, -0.2) is 29.5 Å². The molecule has 0 saturated heterocycles. The molecular weight excluding hydrogens is 817 g/mol. The lowest BCUT2D eigenvalue weighted by molar-refractivity contribution is 0.0592. The minimum Gasteiger partial charge on any atom is -0.465 e. The number of hydrogen-bond donors (Lipinski definition) is 2. The highest BCUT2D eigenvalue weighted by molar-refractivity contribution is 7.08. The summed E-state index contributed by atoms with van der Waals surface area (Å²) in [6.07, 6.45) is 8.25. The van der Waals surface area contributed by atoms with Crippen LogP contribution in [0.3, 0.4) is 0 Å². The van der Waals surface area contributed by atoms with E-state index < -0.39 is 11.9 Å². The van der Waals surface area contributed by atoms with Gasteiger partial charge in [-0.05, 0) is 39.5 Å². The molecule has 0 aliphatic heterocycles. The molecule has 4 N–H and O–H groups in total. The van der Waals surface area contributed by atoms with Crippen molar-refractivity contribution >= 4 is 69.6 Å². The molecule has 24 nitrogen and oxygen atoms in total. The van der Waals surface area contributed by atoms with E-state index in [0.717, 1.165) is 48.7 Å². The molecule has 7 rings (SSSR count). The number of ether oxygens (including phenoxy) is 2. The molecule has 0 fully saturated rings. The number of hydrogen-bond acceptors (Lipinski definition) is 22. The van der Waals surface area contributed by atoms with Crippen LogP contribution in [0, 0.1) is 13.8 Å². The van der Waals surface area contributed by atoms with Crippen molar-refractivity contribution in [1.82, 2.24) is 67.8 Å². The van der Waals surface area contributed by atoms with Crippen LogP contribution in [0.1, 0.15) is 83.3 Å². The molecule has 0 bridgehead atoms. The summed E-state index contributed by atoms with van der Waals surface area (Å²) >= 11 is 2.16. The first kappa shape index (κ1) is 41.0. The average molecular weight is 855 g/mol. The predicted octanol–water partition coefficient (Wildman–Crippen LogP) is 5.79. The van der Waals surface area contributed by atoms with Crippen molar-refractivity contribution in [3.63, 3.8) is 0 Å². The smallest absolute Gasteiger partial charge is 0.343 e. The Morgan fingerprint density at radius 2 is 1.12 bits per heavy atom. The van der Waals surface area contributed by atoms with Gasteiger partial charge >= 0.3 is 11.9 Å². The topological polar surface area (TPSA) is 303 Å². The average Bonchev–Trinajstić information content (AvgIpc) is 4.12. The quantitative estimate of drug-likeness (QED) is 0.0858. The van der Waals surface area contributed by atoms with E-state index in [2.05, 4.69) is 59.3 Å². The molecule has 7 aromatic rings. The van der Waals surface area contributed by atoms with E-state index in [0.29, 0.717) is 46.1 Å². The van der Waals surface area contributed by atoms with E-state index in [1.165, 1.54) is 51.7 Å². The van der Waals surface area contributed by atoms with E-state index >= 15 is 0 Å². The fraction of sp³-hybridized carbons (Fsp3) is 0.353. The third-order valence-electron chi connectivity index (χ3n) is 8.72. The van der Waals surface area contributed by atoms with Gasteiger partial charge in [0.1, 0.15) is 29.1 Å². The van der Waals surface area contributed by atoms with Crippen molar-refractivity contribution in [2.24, 2.45) is 20.5 Å². The van der Waals surface area contributed by atoms with Crippen LogP contribution in [0.15, 0.2) is 45.2 Å². The number of anilines is 2. The first-order valence-corrected chi connectivity index (χ1v) is 20.0. The molecule has 310 valence electrons. The van der Waals surface area contributed by atoms with Crippen molar-refractivity contribution < 1.29 is 19.1 Å². The number of unbranched alkanes of at least 4 members (excludes halogenated alkanes) is 2. The molecule has 7 aromatic heterocycles. The number of nitrogens with two attached hydrogens (primary N) is 2. The van der Waals surface area contributed by atoms with Crippen molar-refractivity contribution in [3.05, 3.63) is 59.0 Å². The Bertz CT molecular complexity index is 2560. The lowest BCUT2D eigenvalue weighted by Gasteiger charge is -2.06. The summed E-state index contributed by atoms with van der Waals surface area (Å²) in [6.45, 7) is 7.57. The van der Waals surface area contributed by atoms with Crippen LogP contribution in [0.25, 0.3) is 21.9 Å². The third kappa shape index (κ3) is 8.08. The molecule has 0 radical (unpaired) electrons. The Kier molecular flexibility index (Phi) is 12.1. The second-order valence-corrected chi connectivity index (χ2v) is 14.3. The number of nitrogen functional groups attached to an aromatic ring is 2. The van der Waals surface area contributed by atoms with Crippen LogP contribution in [0.4, 0.5) is 34.6 Å². The van der Waals surface area contributed by atoms with Gasteiger partial charge in [0.15, 0.2) is 46.3 Å². The Morgan fingerprint density at radius 1 is 0.683 bits per heavy atom. The fourth-order valence-corrected chi connectivity index (χ4v) is 6.98. The monoisotopic (exact) mass is 854 g/mol. The van der Waals surface area contributed by atoms with Gasteiger partial charge in [0.2, 0.25) is 10.3 Å². The minimum absolute atomic E-state index is 0.0612. The van der Waals surface area contributed by atoms with Crippen LogP contribution in [-0.4, -0.2) is 94.0 Å². The van der Waals surface area contributed by atoms with Gasteiger partial charge < -0.3 is 20.9 Å². The molecule has 0 amide bonds. The number of carbonyl (C=O) groups is 2. The number of carbonyl (C=O) groups excluding carboxylic acids is 2. The van der Waals surface area contributed by atoms with Crippen molar-refractivity contribution in [2.75, 3.05) is 25.7 Å². The zero-order valence-corrected chi connectivity index (χ0v) is 34.8. The summed E-state index contributed by atoms with van der Waals surface area (Å²) in [5.74, 6) is 0.624. The fourth-order valence-electron chi connectivity index (χ4n) is 5.70. The molecule has 0 unspecified atom stereocenters. The van der Waals surface area contributed by atoms with Crippen LogP contribution in [-0.2, 0) is 22.3 Å². The first-order valence-electron chi connectivity index (χ1n) is 18.4. The summed E-state index contributed by atoms with van der Waals surface area (Å²) in [7, 11) is 2.51. The molecule has 0 atom stereocenters. The van der Waals surface area contributed by atoms with Gasteiger partial charge in [-0.15, -0.1) is 20.5 Å². The van der Waals surface area contributed by atoms with E-state index in [1.807, 2.05) is 13.8 Å². The zero-order valence-electron chi connectivity index (χ0n) is 33.2. The maximum atomic E-state index is 12.7. The summed E-state index contributed by atoms with van der Waals surface area (Å²) < 4.78 is 23.9. The third-order valence-corrected chi connectivity index (χ3v) is 10.3. The van der Waals surface area contributed by atoms with Crippen molar-refractivity contribution in [1.29, 1.82) is 0 Å². The van der Waals surface area contributed by atoms with E-state index in [-0.39, 0.29) is 57.4 Å². The lowest BCUT2D eigenvalue weighted by atomic mass is 10.2. The van der Waals surface area contributed by atoms with Crippen molar-refractivity contribution in [3.8, 4) is 21.9 Å². The van der Waals surface area contributed by atoms with Gasteiger partial charge in [0.25, 0.3) is 0 Å². The Balaban J connectivity index is 1.28. The van der Waals surface area contributed by atoms with E-state index in [1.54, 1.807) is 19.9 Å². The number of methoxy groups -OCH3 is 2. The van der Waals surface area contributed by atoms with Crippen LogP contribution >= 0.6 is 23.1 Å². The SMILES string of the molecule is CCCCc1nn(-c2cc(-n3nc(CCCC)c(N=Nc4c(C(=O)OC)cnn4-c4nc(C)ns4)c3N)ncn2)c(N)c1N=Nc1c(C(=O)OC)cnn1-c1nc(C)ns1. The first-order chi connectivity index (χ1) is 29.1.